The maximum absolute atomic E-state index is 12.3. The van der Waals surface area contributed by atoms with Crippen LogP contribution >= 0.6 is 0 Å². The molecule has 1 heterocycles. The van der Waals surface area contributed by atoms with Gasteiger partial charge in [-0.3, -0.25) is 9.59 Å². The number of likely N-dealkylation sites (N-methyl/N-ethyl adjacent to an activating group) is 1. The molecule has 0 aliphatic rings. The van der Waals surface area contributed by atoms with Crippen LogP contribution in [0.25, 0.3) is 11.4 Å². The molecule has 0 atom stereocenters. The highest BCUT2D eigenvalue weighted by Crippen LogP contribution is 2.11. The van der Waals surface area contributed by atoms with E-state index in [4.69, 9.17) is 0 Å². The van der Waals surface area contributed by atoms with E-state index in [0.717, 1.165) is 5.56 Å². The van der Waals surface area contributed by atoms with Gasteiger partial charge in [0.15, 0.2) is 0 Å². The predicted octanol–water partition coefficient (Wildman–Crippen LogP) is 0.713. The number of tetrazole rings is 1. The van der Waals surface area contributed by atoms with E-state index in [0.29, 0.717) is 12.4 Å². The van der Waals surface area contributed by atoms with Gasteiger partial charge in [-0.1, -0.05) is 30.3 Å². The SMILES string of the molecule is CCN(CC(=O)NC(C)C)C(=O)Cn1nnc(-c2ccccc2)n1. The fourth-order valence-electron chi connectivity index (χ4n) is 2.15. The summed E-state index contributed by atoms with van der Waals surface area (Å²) in [5.74, 6) is 0.0501. The quantitative estimate of drug-likeness (QED) is 0.807. The van der Waals surface area contributed by atoms with E-state index in [2.05, 4.69) is 20.7 Å². The fourth-order valence-corrected chi connectivity index (χ4v) is 2.15. The Hall–Kier alpha value is -2.77. The van der Waals surface area contributed by atoms with Gasteiger partial charge in [-0.25, -0.2) is 0 Å². The summed E-state index contributed by atoms with van der Waals surface area (Å²) in [6.45, 7) is 5.98. The second-order valence-corrected chi connectivity index (χ2v) is 5.64. The van der Waals surface area contributed by atoms with Gasteiger partial charge < -0.3 is 10.2 Å². The van der Waals surface area contributed by atoms with Crippen molar-refractivity contribution in [2.45, 2.75) is 33.4 Å². The van der Waals surface area contributed by atoms with Crippen molar-refractivity contribution in [2.24, 2.45) is 0 Å². The molecule has 128 valence electrons. The summed E-state index contributed by atoms with van der Waals surface area (Å²) >= 11 is 0. The van der Waals surface area contributed by atoms with Crippen LogP contribution in [0.3, 0.4) is 0 Å². The molecule has 2 amide bonds. The highest BCUT2D eigenvalue weighted by Gasteiger charge is 2.18. The van der Waals surface area contributed by atoms with Gasteiger partial charge in [0.25, 0.3) is 0 Å². The standard InChI is InChI=1S/C16H22N6O2/c1-4-21(10-14(23)17-12(2)3)15(24)11-22-19-16(18-20-22)13-8-6-5-7-9-13/h5-9,12H,4,10-11H2,1-3H3,(H,17,23). The zero-order valence-electron chi connectivity index (χ0n) is 14.1. The van der Waals surface area contributed by atoms with Gasteiger partial charge in [-0.05, 0) is 26.0 Å². The molecular formula is C16H22N6O2. The Kier molecular flexibility index (Phi) is 6.00. The number of aromatic nitrogens is 4. The van der Waals surface area contributed by atoms with Crippen LogP contribution in [0.2, 0.25) is 0 Å². The second kappa shape index (κ2) is 8.19. The van der Waals surface area contributed by atoms with E-state index in [1.54, 1.807) is 0 Å². The maximum Gasteiger partial charge on any atom is 0.246 e. The topological polar surface area (TPSA) is 93.0 Å². The molecule has 24 heavy (non-hydrogen) atoms. The number of nitrogens with zero attached hydrogens (tertiary/aromatic N) is 5. The minimum absolute atomic E-state index is 0.0216. The summed E-state index contributed by atoms with van der Waals surface area (Å²) in [6.07, 6.45) is 0. The van der Waals surface area contributed by atoms with Gasteiger partial charge in [0, 0.05) is 18.2 Å². The molecule has 2 rings (SSSR count). The first-order valence-electron chi connectivity index (χ1n) is 7.90. The van der Waals surface area contributed by atoms with Crippen LogP contribution < -0.4 is 5.32 Å². The minimum atomic E-state index is -0.228. The molecular weight excluding hydrogens is 308 g/mol. The number of hydrogen-bond acceptors (Lipinski definition) is 5. The summed E-state index contributed by atoms with van der Waals surface area (Å²) < 4.78 is 0. The van der Waals surface area contributed by atoms with Gasteiger partial charge in [0.2, 0.25) is 17.6 Å². The Morgan fingerprint density at radius 2 is 1.96 bits per heavy atom. The average Bonchev–Trinajstić information content (AvgIpc) is 3.01. The third-order valence-electron chi connectivity index (χ3n) is 3.28. The average molecular weight is 330 g/mol. The van der Waals surface area contributed by atoms with Gasteiger partial charge in [0.05, 0.1) is 6.54 Å². The molecule has 1 aromatic heterocycles. The maximum atomic E-state index is 12.3. The largest absolute Gasteiger partial charge is 0.352 e. The Bertz CT molecular complexity index is 683. The van der Waals surface area contributed by atoms with Crippen LogP contribution in [-0.4, -0.2) is 56.1 Å². The molecule has 0 aliphatic carbocycles. The Balaban J connectivity index is 1.98. The normalized spacial score (nSPS) is 10.7. The summed E-state index contributed by atoms with van der Waals surface area (Å²) in [6, 6.07) is 9.45. The smallest absolute Gasteiger partial charge is 0.246 e. The highest BCUT2D eigenvalue weighted by molar-refractivity contribution is 5.84. The molecule has 0 saturated heterocycles. The first-order valence-corrected chi connectivity index (χ1v) is 7.90. The molecule has 8 nitrogen and oxygen atoms in total. The summed E-state index contributed by atoms with van der Waals surface area (Å²) in [5.41, 5.74) is 0.833. The number of carbonyl (C=O) groups excluding carboxylic acids is 2. The van der Waals surface area contributed by atoms with Crippen molar-refractivity contribution in [3.63, 3.8) is 0 Å². The van der Waals surface area contributed by atoms with E-state index in [1.807, 2.05) is 51.1 Å². The van der Waals surface area contributed by atoms with Crippen molar-refractivity contribution in [1.29, 1.82) is 0 Å². The number of amides is 2. The van der Waals surface area contributed by atoms with Gasteiger partial charge in [-0.2, -0.15) is 4.80 Å². The number of rotatable bonds is 7. The lowest BCUT2D eigenvalue weighted by Crippen LogP contribution is -2.43. The number of nitrogens with one attached hydrogen (secondary N) is 1. The molecule has 0 aliphatic heterocycles. The predicted molar refractivity (Wildman–Crippen MR) is 88.8 cm³/mol. The first kappa shape index (κ1) is 17.6. The molecule has 2 aromatic rings. The number of carbonyl (C=O) groups is 2. The first-order chi connectivity index (χ1) is 11.5. The Morgan fingerprint density at radius 1 is 1.25 bits per heavy atom. The minimum Gasteiger partial charge on any atom is -0.352 e. The summed E-state index contributed by atoms with van der Waals surface area (Å²) in [5, 5.41) is 14.8. The van der Waals surface area contributed by atoms with Gasteiger partial charge >= 0.3 is 0 Å². The molecule has 1 aromatic carbocycles. The van der Waals surface area contributed by atoms with E-state index in [9.17, 15) is 9.59 Å². The number of benzene rings is 1. The molecule has 0 unspecified atom stereocenters. The van der Waals surface area contributed by atoms with Gasteiger partial charge in [-0.15, -0.1) is 10.2 Å². The summed E-state index contributed by atoms with van der Waals surface area (Å²) in [7, 11) is 0. The highest BCUT2D eigenvalue weighted by atomic mass is 16.2. The molecule has 0 spiro atoms. The van der Waals surface area contributed by atoms with Crippen molar-refractivity contribution >= 4 is 11.8 Å². The molecule has 0 saturated carbocycles. The van der Waals surface area contributed by atoms with E-state index in [1.165, 1.54) is 9.70 Å². The zero-order valence-corrected chi connectivity index (χ0v) is 14.1. The Labute approximate surface area is 140 Å². The second-order valence-electron chi connectivity index (χ2n) is 5.64. The molecule has 0 fully saturated rings. The van der Waals surface area contributed by atoms with E-state index >= 15 is 0 Å². The fraction of sp³-hybridized carbons (Fsp3) is 0.438. The third kappa shape index (κ3) is 4.87. The van der Waals surface area contributed by atoms with Gasteiger partial charge in [0.1, 0.15) is 6.54 Å². The van der Waals surface area contributed by atoms with Crippen molar-refractivity contribution < 1.29 is 9.59 Å². The Morgan fingerprint density at radius 3 is 2.58 bits per heavy atom. The third-order valence-corrected chi connectivity index (χ3v) is 3.28. The molecule has 8 heteroatoms. The van der Waals surface area contributed by atoms with E-state index in [-0.39, 0.29) is 30.9 Å². The van der Waals surface area contributed by atoms with Crippen LogP contribution in [0.1, 0.15) is 20.8 Å². The summed E-state index contributed by atoms with van der Waals surface area (Å²) in [4.78, 5) is 26.8. The zero-order chi connectivity index (χ0) is 17.5. The molecule has 0 radical (unpaired) electrons. The lowest BCUT2D eigenvalue weighted by Gasteiger charge is -2.20. The van der Waals surface area contributed by atoms with Crippen molar-refractivity contribution in [3.05, 3.63) is 30.3 Å². The monoisotopic (exact) mass is 330 g/mol. The lowest BCUT2D eigenvalue weighted by molar-refractivity contribution is -0.136. The van der Waals surface area contributed by atoms with E-state index < -0.39 is 0 Å². The lowest BCUT2D eigenvalue weighted by atomic mass is 10.2. The van der Waals surface area contributed by atoms with Crippen molar-refractivity contribution in [2.75, 3.05) is 13.1 Å². The van der Waals surface area contributed by atoms with Crippen molar-refractivity contribution in [1.82, 2.24) is 30.4 Å². The molecule has 1 N–H and O–H groups in total. The van der Waals surface area contributed by atoms with Crippen molar-refractivity contribution in [3.8, 4) is 11.4 Å². The van der Waals surface area contributed by atoms with Crippen LogP contribution in [0, 0.1) is 0 Å². The van der Waals surface area contributed by atoms with Crippen LogP contribution in [0.4, 0.5) is 0 Å². The number of hydrogen-bond donors (Lipinski definition) is 1. The molecule has 0 bridgehead atoms. The van der Waals surface area contributed by atoms with Crippen LogP contribution in [0.15, 0.2) is 30.3 Å². The van der Waals surface area contributed by atoms with Crippen LogP contribution in [-0.2, 0) is 16.1 Å². The van der Waals surface area contributed by atoms with Crippen LogP contribution in [0.5, 0.6) is 0 Å².